The quantitative estimate of drug-likeness (QED) is 0.672. The smallest absolute Gasteiger partial charge is 0.263 e. The fourth-order valence-electron chi connectivity index (χ4n) is 2.31. The minimum atomic E-state index is -0.170. The van der Waals surface area contributed by atoms with Gasteiger partial charge in [0, 0.05) is 17.5 Å². The lowest BCUT2D eigenvalue weighted by atomic mass is 10.1. The van der Waals surface area contributed by atoms with Gasteiger partial charge in [0.2, 0.25) is 0 Å². The van der Waals surface area contributed by atoms with Gasteiger partial charge in [0.1, 0.15) is 21.9 Å². The number of thiocarbonyl (C=S) groups is 1. The molecule has 1 N–H and O–H groups in total. The maximum absolute atomic E-state index is 11.7. The molecule has 0 saturated carbocycles. The van der Waals surface area contributed by atoms with Crippen LogP contribution in [0, 0.1) is 0 Å². The molecule has 4 nitrogen and oxygen atoms in total. The maximum atomic E-state index is 11.7. The molecule has 0 aliphatic carbocycles. The fraction of sp³-hybridized carbons (Fsp3) is 0.286. The summed E-state index contributed by atoms with van der Waals surface area (Å²) in [6.45, 7) is 2.03. The molecular weight excluding hydrogens is 294 g/mol. The molecule has 2 aliphatic heterocycles. The highest BCUT2D eigenvalue weighted by Crippen LogP contribution is 2.37. The van der Waals surface area contributed by atoms with Gasteiger partial charge < -0.3 is 14.8 Å². The first-order valence-corrected chi connectivity index (χ1v) is 7.41. The van der Waals surface area contributed by atoms with E-state index in [-0.39, 0.29) is 12.0 Å². The van der Waals surface area contributed by atoms with E-state index in [0.29, 0.717) is 9.23 Å². The van der Waals surface area contributed by atoms with E-state index in [2.05, 4.69) is 5.32 Å². The highest BCUT2D eigenvalue weighted by Gasteiger charge is 2.25. The predicted molar refractivity (Wildman–Crippen MR) is 83.1 cm³/mol. The van der Waals surface area contributed by atoms with Crippen LogP contribution in [0.2, 0.25) is 0 Å². The average Bonchev–Trinajstić information content (AvgIpc) is 2.90. The molecule has 1 fully saturated rings. The van der Waals surface area contributed by atoms with E-state index in [1.54, 1.807) is 13.2 Å². The molecule has 104 valence electrons. The van der Waals surface area contributed by atoms with E-state index >= 15 is 0 Å². The second-order valence-electron chi connectivity index (χ2n) is 4.69. The minimum Gasteiger partial charge on any atom is -0.496 e. The van der Waals surface area contributed by atoms with Crippen molar-refractivity contribution in [2.75, 3.05) is 7.11 Å². The van der Waals surface area contributed by atoms with Gasteiger partial charge in [-0.05, 0) is 25.1 Å². The van der Waals surface area contributed by atoms with Gasteiger partial charge in [0.25, 0.3) is 5.91 Å². The van der Waals surface area contributed by atoms with Crippen molar-refractivity contribution in [2.45, 2.75) is 19.4 Å². The minimum absolute atomic E-state index is 0.170. The summed E-state index contributed by atoms with van der Waals surface area (Å²) >= 11 is 6.24. The summed E-state index contributed by atoms with van der Waals surface area (Å²) in [4.78, 5) is 12.3. The highest BCUT2D eigenvalue weighted by atomic mass is 32.2. The first-order valence-electron chi connectivity index (χ1n) is 6.19. The molecule has 0 unspecified atom stereocenters. The van der Waals surface area contributed by atoms with Crippen LogP contribution in [0.4, 0.5) is 0 Å². The molecule has 2 heterocycles. The third kappa shape index (κ3) is 2.41. The van der Waals surface area contributed by atoms with Gasteiger partial charge in [-0.3, -0.25) is 4.79 Å². The number of nitrogens with one attached hydrogen (secondary N) is 1. The molecule has 2 aliphatic rings. The van der Waals surface area contributed by atoms with Gasteiger partial charge in [0.15, 0.2) is 0 Å². The standard InChI is InChI=1S/C14H13NO3S2/c1-7-3-8-4-10(17-2)9(5-11(8)18-7)6-12-13(16)15-14(19)20-12/h4-7H,3H2,1-2H3,(H,15,16,19)/b12-6-/t7-/m0/s1. The van der Waals surface area contributed by atoms with Crippen LogP contribution in [0.15, 0.2) is 17.0 Å². The van der Waals surface area contributed by atoms with Crippen LogP contribution in [-0.4, -0.2) is 23.4 Å². The van der Waals surface area contributed by atoms with Gasteiger partial charge >= 0.3 is 0 Å². The zero-order chi connectivity index (χ0) is 14.3. The van der Waals surface area contributed by atoms with Crippen molar-refractivity contribution < 1.29 is 14.3 Å². The molecule has 3 rings (SSSR count). The summed E-state index contributed by atoms with van der Waals surface area (Å²) in [5.74, 6) is 1.42. The Hall–Kier alpha value is -1.53. The van der Waals surface area contributed by atoms with Crippen molar-refractivity contribution in [2.24, 2.45) is 0 Å². The second kappa shape index (κ2) is 5.10. The molecule has 1 atom stereocenters. The Labute approximate surface area is 126 Å². The second-order valence-corrected chi connectivity index (χ2v) is 6.41. The van der Waals surface area contributed by atoms with E-state index < -0.39 is 0 Å². The van der Waals surface area contributed by atoms with E-state index in [1.807, 2.05) is 19.1 Å². The van der Waals surface area contributed by atoms with Gasteiger partial charge in [-0.1, -0.05) is 24.0 Å². The van der Waals surface area contributed by atoms with Crippen LogP contribution >= 0.6 is 24.0 Å². The number of amides is 1. The van der Waals surface area contributed by atoms with E-state index in [9.17, 15) is 4.79 Å². The van der Waals surface area contributed by atoms with Crippen molar-refractivity contribution in [3.63, 3.8) is 0 Å². The Morgan fingerprint density at radius 2 is 2.35 bits per heavy atom. The Kier molecular flexibility index (Phi) is 3.43. The molecule has 6 heteroatoms. The zero-order valence-corrected chi connectivity index (χ0v) is 12.7. The first kappa shape index (κ1) is 13.5. The molecule has 0 spiro atoms. The van der Waals surface area contributed by atoms with E-state index in [4.69, 9.17) is 21.7 Å². The molecule has 0 aromatic heterocycles. The lowest BCUT2D eigenvalue weighted by molar-refractivity contribution is -0.115. The van der Waals surface area contributed by atoms with Gasteiger partial charge in [-0.2, -0.15) is 0 Å². The van der Waals surface area contributed by atoms with Crippen LogP contribution in [0.3, 0.4) is 0 Å². The van der Waals surface area contributed by atoms with E-state index in [1.165, 1.54) is 11.8 Å². The largest absolute Gasteiger partial charge is 0.496 e. The Morgan fingerprint density at radius 1 is 1.55 bits per heavy atom. The maximum Gasteiger partial charge on any atom is 0.263 e. The number of carbonyl (C=O) groups excluding carboxylic acids is 1. The Bertz CT molecular complexity index is 640. The van der Waals surface area contributed by atoms with Gasteiger partial charge in [0.05, 0.1) is 12.0 Å². The van der Waals surface area contributed by atoms with Crippen LogP contribution in [0.1, 0.15) is 18.1 Å². The third-order valence-corrected chi connectivity index (χ3v) is 4.34. The van der Waals surface area contributed by atoms with Crippen molar-refractivity contribution >= 4 is 40.3 Å². The lowest BCUT2D eigenvalue weighted by Crippen LogP contribution is -2.17. The molecule has 0 radical (unpaired) electrons. The van der Waals surface area contributed by atoms with E-state index in [0.717, 1.165) is 29.0 Å². The first-order chi connectivity index (χ1) is 9.56. The number of rotatable bonds is 2. The summed E-state index contributed by atoms with van der Waals surface area (Å²) in [6.07, 6.45) is 2.83. The molecule has 1 aromatic carbocycles. The number of hydrogen-bond acceptors (Lipinski definition) is 5. The van der Waals surface area contributed by atoms with Crippen LogP contribution < -0.4 is 14.8 Å². The number of methoxy groups -OCH3 is 1. The molecule has 1 saturated heterocycles. The summed E-state index contributed by atoms with van der Waals surface area (Å²) < 4.78 is 11.6. The SMILES string of the molecule is COc1cc2c(cc1/C=C1\SC(=S)NC1=O)O[C@@H](C)C2. The third-order valence-electron chi connectivity index (χ3n) is 3.18. The molecule has 1 aromatic rings. The van der Waals surface area contributed by atoms with Gasteiger partial charge in [-0.25, -0.2) is 0 Å². The number of fused-ring (bicyclic) bond motifs is 1. The summed E-state index contributed by atoms with van der Waals surface area (Å²) in [5, 5.41) is 2.60. The predicted octanol–water partition coefficient (Wildman–Crippen LogP) is 2.51. The van der Waals surface area contributed by atoms with Crippen LogP contribution in [-0.2, 0) is 11.2 Å². The summed E-state index contributed by atoms with van der Waals surface area (Å²) in [5.41, 5.74) is 1.96. The zero-order valence-electron chi connectivity index (χ0n) is 11.1. The molecular formula is C14H13NO3S2. The Balaban J connectivity index is 2.02. The number of carbonyl (C=O) groups is 1. The number of hydrogen-bond donors (Lipinski definition) is 1. The average molecular weight is 307 g/mol. The lowest BCUT2D eigenvalue weighted by Gasteiger charge is -2.08. The Morgan fingerprint density at radius 3 is 3.00 bits per heavy atom. The van der Waals surface area contributed by atoms with Crippen LogP contribution in [0.25, 0.3) is 6.08 Å². The topological polar surface area (TPSA) is 47.6 Å². The molecule has 0 bridgehead atoms. The molecule has 1 amide bonds. The van der Waals surface area contributed by atoms with Crippen molar-refractivity contribution in [1.82, 2.24) is 5.32 Å². The normalized spacial score (nSPS) is 22.7. The number of benzene rings is 1. The van der Waals surface area contributed by atoms with Crippen LogP contribution in [0.5, 0.6) is 11.5 Å². The van der Waals surface area contributed by atoms with Crippen molar-refractivity contribution in [1.29, 1.82) is 0 Å². The summed E-state index contributed by atoms with van der Waals surface area (Å²) in [6, 6.07) is 3.89. The highest BCUT2D eigenvalue weighted by molar-refractivity contribution is 8.26. The van der Waals surface area contributed by atoms with Crippen molar-refractivity contribution in [3.8, 4) is 11.5 Å². The number of ether oxygens (including phenoxy) is 2. The van der Waals surface area contributed by atoms with Crippen molar-refractivity contribution in [3.05, 3.63) is 28.2 Å². The molecule has 20 heavy (non-hydrogen) atoms. The monoisotopic (exact) mass is 307 g/mol. The summed E-state index contributed by atoms with van der Waals surface area (Å²) in [7, 11) is 1.62. The fourth-order valence-corrected chi connectivity index (χ4v) is 3.34. The number of thioether (sulfide) groups is 1. The van der Waals surface area contributed by atoms with Gasteiger partial charge in [-0.15, -0.1) is 0 Å².